The van der Waals surface area contributed by atoms with Crippen LogP contribution in [0.1, 0.15) is 31.9 Å². The van der Waals surface area contributed by atoms with Gasteiger partial charge >= 0.3 is 0 Å². The van der Waals surface area contributed by atoms with E-state index in [0.29, 0.717) is 30.9 Å². The molecule has 2 unspecified atom stereocenters. The second-order valence-electron chi connectivity index (χ2n) is 5.44. The second kappa shape index (κ2) is 6.85. The van der Waals surface area contributed by atoms with Crippen LogP contribution >= 0.6 is 0 Å². The van der Waals surface area contributed by atoms with Gasteiger partial charge in [-0.05, 0) is 38.8 Å². The van der Waals surface area contributed by atoms with Crippen molar-refractivity contribution in [2.45, 2.75) is 39.2 Å². The van der Waals surface area contributed by atoms with Crippen LogP contribution in [0.4, 0.5) is 5.88 Å². The molecule has 20 heavy (non-hydrogen) atoms. The number of nitrogens with zero attached hydrogens (tertiary/aromatic N) is 2. The third-order valence-corrected chi connectivity index (χ3v) is 4.03. The van der Waals surface area contributed by atoms with Crippen LogP contribution in [0.15, 0.2) is 10.6 Å². The fourth-order valence-electron chi connectivity index (χ4n) is 3.02. The van der Waals surface area contributed by atoms with Crippen LogP contribution < -0.4 is 11.1 Å². The van der Waals surface area contributed by atoms with Crippen molar-refractivity contribution in [3.8, 4) is 0 Å². The van der Waals surface area contributed by atoms with Crippen molar-refractivity contribution in [2.24, 2.45) is 11.7 Å². The van der Waals surface area contributed by atoms with E-state index in [1.807, 2.05) is 6.92 Å². The predicted octanol–water partition coefficient (Wildman–Crippen LogP) is 1.37. The summed E-state index contributed by atoms with van der Waals surface area (Å²) < 4.78 is 5.00. The monoisotopic (exact) mass is 280 g/mol. The van der Waals surface area contributed by atoms with Crippen molar-refractivity contribution in [2.75, 3.05) is 25.0 Å². The first kappa shape index (κ1) is 15.0. The summed E-state index contributed by atoms with van der Waals surface area (Å²) in [4.78, 5) is 14.3. The Morgan fingerprint density at radius 2 is 2.40 bits per heavy atom. The first-order valence-electron chi connectivity index (χ1n) is 7.31. The molecule has 6 heteroatoms. The molecule has 1 amide bonds. The number of anilines is 1. The van der Waals surface area contributed by atoms with E-state index in [9.17, 15) is 4.79 Å². The molecule has 1 heterocycles. The normalized spacial score (nSPS) is 22.4. The number of likely N-dealkylation sites (N-methyl/N-ethyl adjacent to an activating group) is 1. The largest absolute Gasteiger partial charge is 0.338 e. The number of amides is 1. The smallest absolute Gasteiger partial charge is 0.240 e. The van der Waals surface area contributed by atoms with Crippen molar-refractivity contribution in [3.63, 3.8) is 0 Å². The standard InChI is InChI=1S/C14H24N4O2/c1-3-18(12-6-4-5-11(12)8-15)9-13(19)16-14-7-10(2)17-20-14/h7,11-12H,3-6,8-9,15H2,1-2H3,(H,16,19). The van der Waals surface area contributed by atoms with Gasteiger partial charge in [-0.2, -0.15) is 0 Å². The highest BCUT2D eigenvalue weighted by Crippen LogP contribution is 2.29. The van der Waals surface area contributed by atoms with Gasteiger partial charge in [0.1, 0.15) is 0 Å². The van der Waals surface area contributed by atoms with Crippen LogP contribution in [0.5, 0.6) is 0 Å². The summed E-state index contributed by atoms with van der Waals surface area (Å²) in [5, 5.41) is 6.49. The Bertz CT molecular complexity index is 446. The van der Waals surface area contributed by atoms with Gasteiger partial charge < -0.3 is 10.3 Å². The molecule has 2 rings (SSSR count). The number of hydrogen-bond acceptors (Lipinski definition) is 5. The van der Waals surface area contributed by atoms with Crippen molar-refractivity contribution in [1.29, 1.82) is 0 Å². The maximum Gasteiger partial charge on any atom is 0.240 e. The Hall–Kier alpha value is -1.40. The molecular formula is C14H24N4O2. The lowest BCUT2D eigenvalue weighted by molar-refractivity contribution is -0.118. The van der Waals surface area contributed by atoms with Gasteiger partial charge in [-0.15, -0.1) is 0 Å². The lowest BCUT2D eigenvalue weighted by Gasteiger charge is -2.30. The molecule has 0 radical (unpaired) electrons. The summed E-state index contributed by atoms with van der Waals surface area (Å²) >= 11 is 0. The van der Waals surface area contributed by atoms with Crippen LogP contribution in [0, 0.1) is 12.8 Å². The van der Waals surface area contributed by atoms with Gasteiger partial charge in [0.15, 0.2) is 0 Å². The highest BCUT2D eigenvalue weighted by Gasteiger charge is 2.31. The van der Waals surface area contributed by atoms with E-state index in [1.54, 1.807) is 6.07 Å². The average molecular weight is 280 g/mol. The van der Waals surface area contributed by atoms with E-state index in [2.05, 4.69) is 22.3 Å². The molecule has 1 fully saturated rings. The molecule has 1 aromatic heterocycles. The molecule has 1 aliphatic carbocycles. The molecule has 0 bridgehead atoms. The summed E-state index contributed by atoms with van der Waals surface area (Å²) in [5.74, 6) is 0.853. The van der Waals surface area contributed by atoms with Gasteiger partial charge in [0.25, 0.3) is 0 Å². The molecule has 3 N–H and O–H groups in total. The van der Waals surface area contributed by atoms with Gasteiger partial charge in [-0.3, -0.25) is 15.0 Å². The molecule has 0 saturated heterocycles. The SMILES string of the molecule is CCN(CC(=O)Nc1cc(C)no1)C1CCCC1CN. The van der Waals surface area contributed by atoms with Gasteiger partial charge in [0.05, 0.1) is 12.2 Å². The van der Waals surface area contributed by atoms with E-state index in [0.717, 1.165) is 18.7 Å². The Morgan fingerprint density at radius 1 is 1.60 bits per heavy atom. The Morgan fingerprint density at radius 3 is 3.00 bits per heavy atom. The van der Waals surface area contributed by atoms with Crippen molar-refractivity contribution < 1.29 is 9.32 Å². The van der Waals surface area contributed by atoms with Crippen LogP contribution in [-0.4, -0.2) is 41.6 Å². The first-order chi connectivity index (χ1) is 9.63. The number of rotatable bonds is 6. The highest BCUT2D eigenvalue weighted by atomic mass is 16.5. The second-order valence-corrected chi connectivity index (χ2v) is 5.44. The number of nitrogens with one attached hydrogen (secondary N) is 1. The topological polar surface area (TPSA) is 84.4 Å². The average Bonchev–Trinajstić information content (AvgIpc) is 3.04. The van der Waals surface area contributed by atoms with Gasteiger partial charge in [0.2, 0.25) is 11.8 Å². The summed E-state index contributed by atoms with van der Waals surface area (Å²) in [6, 6.07) is 2.14. The van der Waals surface area contributed by atoms with E-state index < -0.39 is 0 Å². The fraction of sp³-hybridized carbons (Fsp3) is 0.714. The van der Waals surface area contributed by atoms with Crippen LogP contribution in [0.3, 0.4) is 0 Å². The number of carbonyl (C=O) groups is 1. The summed E-state index contributed by atoms with van der Waals surface area (Å²) in [6.07, 6.45) is 3.50. The molecule has 6 nitrogen and oxygen atoms in total. The Kier molecular flexibility index (Phi) is 5.14. The van der Waals surface area contributed by atoms with E-state index in [-0.39, 0.29) is 5.91 Å². The first-order valence-corrected chi connectivity index (χ1v) is 7.31. The van der Waals surface area contributed by atoms with Crippen LogP contribution in [0.2, 0.25) is 0 Å². The van der Waals surface area contributed by atoms with Crippen molar-refractivity contribution in [3.05, 3.63) is 11.8 Å². The zero-order chi connectivity index (χ0) is 14.5. The Balaban J connectivity index is 1.90. The minimum absolute atomic E-state index is 0.0642. The quantitative estimate of drug-likeness (QED) is 0.822. The van der Waals surface area contributed by atoms with Crippen LogP contribution in [-0.2, 0) is 4.79 Å². The summed E-state index contributed by atoms with van der Waals surface area (Å²) in [7, 11) is 0. The molecule has 1 saturated carbocycles. The number of carbonyl (C=O) groups excluding carboxylic acids is 1. The van der Waals surface area contributed by atoms with Crippen molar-refractivity contribution >= 4 is 11.8 Å². The summed E-state index contributed by atoms with van der Waals surface area (Å²) in [6.45, 7) is 5.82. The molecule has 1 aromatic rings. The zero-order valence-corrected chi connectivity index (χ0v) is 12.3. The highest BCUT2D eigenvalue weighted by molar-refractivity contribution is 5.90. The predicted molar refractivity (Wildman–Crippen MR) is 77.3 cm³/mol. The lowest BCUT2D eigenvalue weighted by atomic mass is 10.0. The molecule has 2 atom stereocenters. The number of nitrogens with two attached hydrogens (primary N) is 1. The van der Waals surface area contributed by atoms with Gasteiger partial charge in [-0.25, -0.2) is 0 Å². The molecule has 1 aliphatic rings. The number of hydrogen-bond donors (Lipinski definition) is 2. The van der Waals surface area contributed by atoms with Crippen LogP contribution in [0.25, 0.3) is 0 Å². The molecule has 0 spiro atoms. The van der Waals surface area contributed by atoms with E-state index in [1.165, 1.54) is 12.8 Å². The molecule has 0 aliphatic heterocycles. The number of aromatic nitrogens is 1. The van der Waals surface area contributed by atoms with E-state index in [4.69, 9.17) is 10.3 Å². The summed E-state index contributed by atoms with van der Waals surface area (Å²) in [5.41, 5.74) is 6.58. The maximum atomic E-state index is 12.1. The zero-order valence-electron chi connectivity index (χ0n) is 12.3. The lowest BCUT2D eigenvalue weighted by Crippen LogP contribution is -2.44. The molecular weight excluding hydrogens is 256 g/mol. The molecule has 112 valence electrons. The molecule has 0 aromatic carbocycles. The fourth-order valence-corrected chi connectivity index (χ4v) is 3.02. The third-order valence-electron chi connectivity index (χ3n) is 4.03. The maximum absolute atomic E-state index is 12.1. The van der Waals surface area contributed by atoms with Gasteiger partial charge in [0, 0.05) is 12.1 Å². The minimum Gasteiger partial charge on any atom is -0.338 e. The minimum atomic E-state index is -0.0642. The third kappa shape index (κ3) is 3.58. The number of aryl methyl sites for hydroxylation is 1. The van der Waals surface area contributed by atoms with E-state index >= 15 is 0 Å². The van der Waals surface area contributed by atoms with Gasteiger partial charge in [-0.1, -0.05) is 18.5 Å². The Labute approximate surface area is 119 Å². The van der Waals surface area contributed by atoms with Crippen molar-refractivity contribution in [1.82, 2.24) is 10.1 Å².